The molecule has 0 radical (unpaired) electrons. The molecule has 2 amide bonds. The first-order chi connectivity index (χ1) is 11.5. The normalized spacial score (nSPS) is 18.7. The SMILES string of the molecule is C[C@H](Cn1cccn1)NC(=O)[C@H]1CCN(c2cccc(Br)c2)C1=O. The molecule has 0 aliphatic carbocycles. The number of rotatable bonds is 5. The smallest absolute Gasteiger partial charge is 0.239 e. The maximum atomic E-state index is 12.6. The minimum Gasteiger partial charge on any atom is -0.351 e. The van der Waals surface area contributed by atoms with Crippen LogP contribution in [0.15, 0.2) is 47.2 Å². The van der Waals surface area contributed by atoms with E-state index in [0.717, 1.165) is 10.2 Å². The van der Waals surface area contributed by atoms with Crippen LogP contribution in [0.3, 0.4) is 0 Å². The summed E-state index contributed by atoms with van der Waals surface area (Å²) in [5.41, 5.74) is 0.814. The Balaban J connectivity index is 1.61. The van der Waals surface area contributed by atoms with E-state index in [1.807, 2.05) is 43.5 Å². The average Bonchev–Trinajstić information content (AvgIpc) is 3.16. The molecule has 1 fully saturated rings. The molecule has 1 N–H and O–H groups in total. The Labute approximate surface area is 149 Å². The van der Waals surface area contributed by atoms with Crippen LogP contribution in [0.4, 0.5) is 5.69 Å². The quantitative estimate of drug-likeness (QED) is 0.795. The molecule has 2 heterocycles. The topological polar surface area (TPSA) is 67.2 Å². The van der Waals surface area contributed by atoms with Crippen molar-refractivity contribution in [1.82, 2.24) is 15.1 Å². The minimum atomic E-state index is -0.621. The van der Waals surface area contributed by atoms with Gasteiger partial charge >= 0.3 is 0 Å². The Morgan fingerprint density at radius 2 is 2.29 bits per heavy atom. The Bertz CT molecular complexity index is 732. The monoisotopic (exact) mass is 390 g/mol. The van der Waals surface area contributed by atoms with E-state index in [1.165, 1.54) is 0 Å². The van der Waals surface area contributed by atoms with Gasteiger partial charge in [0.05, 0.1) is 6.54 Å². The van der Waals surface area contributed by atoms with Gasteiger partial charge in [0, 0.05) is 35.1 Å². The molecule has 1 aliphatic heterocycles. The van der Waals surface area contributed by atoms with Gasteiger partial charge < -0.3 is 10.2 Å². The number of carbonyl (C=O) groups excluding carboxylic acids is 2. The number of aromatic nitrogens is 2. The molecule has 2 aromatic rings. The van der Waals surface area contributed by atoms with Gasteiger partial charge in [0.2, 0.25) is 11.8 Å². The Kier molecular flexibility index (Phi) is 4.99. The molecule has 6 nitrogen and oxygen atoms in total. The summed E-state index contributed by atoms with van der Waals surface area (Å²) >= 11 is 3.41. The van der Waals surface area contributed by atoms with Gasteiger partial charge in [-0.2, -0.15) is 5.10 Å². The van der Waals surface area contributed by atoms with E-state index in [0.29, 0.717) is 19.5 Å². The highest BCUT2D eigenvalue weighted by molar-refractivity contribution is 9.10. The number of hydrogen-bond acceptors (Lipinski definition) is 3. The minimum absolute atomic E-state index is 0.0925. The van der Waals surface area contributed by atoms with Crippen LogP contribution in [-0.4, -0.2) is 34.2 Å². The zero-order valence-corrected chi connectivity index (χ0v) is 14.9. The van der Waals surface area contributed by atoms with Crippen molar-refractivity contribution >= 4 is 33.4 Å². The highest BCUT2D eigenvalue weighted by Crippen LogP contribution is 2.27. The second-order valence-electron chi connectivity index (χ2n) is 5.95. The fraction of sp³-hybridized carbons (Fsp3) is 0.353. The third-order valence-electron chi connectivity index (χ3n) is 4.05. The number of nitrogens with zero attached hydrogens (tertiary/aromatic N) is 3. The summed E-state index contributed by atoms with van der Waals surface area (Å²) in [4.78, 5) is 26.7. The van der Waals surface area contributed by atoms with Gasteiger partial charge in [-0.3, -0.25) is 14.3 Å². The van der Waals surface area contributed by atoms with Gasteiger partial charge in [-0.25, -0.2) is 0 Å². The number of hydrogen-bond donors (Lipinski definition) is 1. The molecule has 1 saturated heterocycles. The number of amides is 2. The van der Waals surface area contributed by atoms with Crippen LogP contribution in [-0.2, 0) is 16.1 Å². The first kappa shape index (κ1) is 16.7. The van der Waals surface area contributed by atoms with Crippen molar-refractivity contribution in [2.75, 3.05) is 11.4 Å². The lowest BCUT2D eigenvalue weighted by Crippen LogP contribution is -2.42. The predicted molar refractivity (Wildman–Crippen MR) is 94.4 cm³/mol. The summed E-state index contributed by atoms with van der Waals surface area (Å²) in [5, 5.41) is 7.04. The van der Waals surface area contributed by atoms with Gasteiger partial charge in [0.15, 0.2) is 0 Å². The standard InChI is InChI=1S/C17H19BrN4O2/c1-12(11-21-8-3-7-19-21)20-16(23)15-6-9-22(17(15)24)14-5-2-4-13(18)10-14/h2-5,7-8,10,12,15H,6,9,11H2,1H3,(H,20,23)/t12-,15-/m1/s1. The molecule has 3 rings (SSSR count). The average molecular weight is 391 g/mol. The van der Waals surface area contributed by atoms with E-state index in [9.17, 15) is 9.59 Å². The summed E-state index contributed by atoms with van der Waals surface area (Å²) < 4.78 is 2.67. The van der Waals surface area contributed by atoms with Crippen molar-refractivity contribution in [2.45, 2.75) is 25.9 Å². The van der Waals surface area contributed by atoms with Crippen LogP contribution in [0.2, 0.25) is 0 Å². The van der Waals surface area contributed by atoms with Crippen molar-refractivity contribution < 1.29 is 9.59 Å². The summed E-state index contributed by atoms with van der Waals surface area (Å²) in [5.74, 6) is -0.974. The Morgan fingerprint density at radius 3 is 3.00 bits per heavy atom. The fourth-order valence-corrected chi connectivity index (χ4v) is 3.29. The van der Waals surface area contributed by atoms with Crippen LogP contribution in [0.25, 0.3) is 0 Å². The molecule has 1 aliphatic rings. The van der Waals surface area contributed by atoms with Crippen LogP contribution < -0.4 is 10.2 Å². The van der Waals surface area contributed by atoms with Crippen LogP contribution in [0.1, 0.15) is 13.3 Å². The zero-order chi connectivity index (χ0) is 17.1. The Hall–Kier alpha value is -2.15. The summed E-state index contributed by atoms with van der Waals surface area (Å²) in [7, 11) is 0. The van der Waals surface area contributed by atoms with Crippen LogP contribution in [0, 0.1) is 5.92 Å². The van der Waals surface area contributed by atoms with Crippen LogP contribution >= 0.6 is 15.9 Å². The molecule has 0 saturated carbocycles. The predicted octanol–water partition coefficient (Wildman–Crippen LogP) is 2.20. The van der Waals surface area contributed by atoms with Crippen molar-refractivity contribution in [3.8, 4) is 0 Å². The van der Waals surface area contributed by atoms with Crippen molar-refractivity contribution in [3.63, 3.8) is 0 Å². The Morgan fingerprint density at radius 1 is 1.46 bits per heavy atom. The van der Waals surface area contributed by atoms with E-state index in [1.54, 1.807) is 15.8 Å². The first-order valence-electron chi connectivity index (χ1n) is 7.89. The number of nitrogens with one attached hydrogen (secondary N) is 1. The molecule has 0 bridgehead atoms. The third-order valence-corrected chi connectivity index (χ3v) is 4.54. The van der Waals surface area contributed by atoms with Crippen LogP contribution in [0.5, 0.6) is 0 Å². The third kappa shape index (κ3) is 3.67. The van der Waals surface area contributed by atoms with E-state index >= 15 is 0 Å². The first-order valence-corrected chi connectivity index (χ1v) is 8.68. The lowest BCUT2D eigenvalue weighted by molar-refractivity contribution is -0.132. The number of carbonyl (C=O) groups is 2. The molecule has 1 aromatic carbocycles. The molecule has 1 aromatic heterocycles. The molecule has 126 valence electrons. The highest BCUT2D eigenvalue weighted by atomic mass is 79.9. The molecular weight excluding hydrogens is 372 g/mol. The maximum Gasteiger partial charge on any atom is 0.239 e. The van der Waals surface area contributed by atoms with E-state index in [4.69, 9.17) is 0 Å². The van der Waals surface area contributed by atoms with E-state index in [-0.39, 0.29) is 17.9 Å². The molecule has 24 heavy (non-hydrogen) atoms. The van der Waals surface area contributed by atoms with Crippen molar-refractivity contribution in [1.29, 1.82) is 0 Å². The second-order valence-corrected chi connectivity index (χ2v) is 6.86. The zero-order valence-electron chi connectivity index (χ0n) is 13.4. The molecule has 0 spiro atoms. The van der Waals surface area contributed by atoms with Gasteiger partial charge in [0.1, 0.15) is 5.92 Å². The van der Waals surface area contributed by atoms with Gasteiger partial charge in [-0.15, -0.1) is 0 Å². The van der Waals surface area contributed by atoms with E-state index in [2.05, 4.69) is 26.3 Å². The lowest BCUT2D eigenvalue weighted by atomic mass is 10.1. The molecular formula is C17H19BrN4O2. The lowest BCUT2D eigenvalue weighted by Gasteiger charge is -2.18. The van der Waals surface area contributed by atoms with Crippen molar-refractivity contribution in [3.05, 3.63) is 47.2 Å². The number of halogens is 1. The second kappa shape index (κ2) is 7.17. The fourth-order valence-electron chi connectivity index (χ4n) is 2.90. The number of anilines is 1. The largest absolute Gasteiger partial charge is 0.351 e. The maximum absolute atomic E-state index is 12.6. The molecule has 0 unspecified atom stereocenters. The summed E-state index contributed by atoms with van der Waals surface area (Å²) in [6, 6.07) is 9.30. The number of benzene rings is 1. The molecule has 7 heteroatoms. The van der Waals surface area contributed by atoms with Gasteiger partial charge in [-0.05, 0) is 37.6 Å². The summed E-state index contributed by atoms with van der Waals surface area (Å²) in [6.07, 6.45) is 4.08. The summed E-state index contributed by atoms with van der Waals surface area (Å²) in [6.45, 7) is 3.04. The van der Waals surface area contributed by atoms with E-state index < -0.39 is 5.92 Å². The molecule has 2 atom stereocenters. The van der Waals surface area contributed by atoms with Gasteiger partial charge in [-0.1, -0.05) is 22.0 Å². The van der Waals surface area contributed by atoms with Gasteiger partial charge in [0.25, 0.3) is 0 Å². The van der Waals surface area contributed by atoms with Crippen molar-refractivity contribution in [2.24, 2.45) is 5.92 Å². The highest BCUT2D eigenvalue weighted by Gasteiger charge is 2.37.